The summed E-state index contributed by atoms with van der Waals surface area (Å²) in [7, 11) is 0. The molecule has 9 nitrogen and oxygen atoms in total. The molecule has 1 heterocycles. The summed E-state index contributed by atoms with van der Waals surface area (Å²) < 4.78 is 1.76. The second-order valence-corrected chi connectivity index (χ2v) is 7.30. The molecule has 156 valence electrons. The van der Waals surface area contributed by atoms with Crippen LogP contribution in [0.4, 0.5) is 0 Å². The summed E-state index contributed by atoms with van der Waals surface area (Å²) in [5.41, 5.74) is 1.64. The number of carboxylic acids is 3. The maximum Gasteiger partial charge on any atom is 0.335 e. The highest BCUT2D eigenvalue weighted by atomic mass is 16.4. The fraction of sp³-hybridized carbons (Fsp3) is 0.400. The molecular formula is C20H25N3O6. The molecule has 0 bridgehead atoms. The van der Waals surface area contributed by atoms with Crippen molar-refractivity contribution >= 4 is 17.9 Å². The minimum absolute atomic E-state index is 0.0599. The van der Waals surface area contributed by atoms with Crippen LogP contribution in [-0.4, -0.2) is 54.9 Å². The molecule has 0 saturated carbocycles. The van der Waals surface area contributed by atoms with E-state index in [-0.39, 0.29) is 17.9 Å². The predicted molar refractivity (Wildman–Crippen MR) is 104 cm³/mol. The van der Waals surface area contributed by atoms with Crippen LogP contribution in [0.25, 0.3) is 0 Å². The molecule has 2 aromatic rings. The Bertz CT molecular complexity index is 859. The van der Waals surface area contributed by atoms with Crippen molar-refractivity contribution in [3.05, 3.63) is 53.6 Å². The summed E-state index contributed by atoms with van der Waals surface area (Å²) >= 11 is 0. The lowest BCUT2D eigenvalue weighted by Crippen LogP contribution is -2.49. The van der Waals surface area contributed by atoms with Gasteiger partial charge in [0.15, 0.2) is 0 Å². The van der Waals surface area contributed by atoms with Crippen LogP contribution in [0.5, 0.6) is 0 Å². The topological polar surface area (TPSA) is 142 Å². The fourth-order valence-corrected chi connectivity index (χ4v) is 2.99. The number of carbonyl (C=O) groups is 3. The van der Waals surface area contributed by atoms with Crippen molar-refractivity contribution in [3.63, 3.8) is 0 Å². The van der Waals surface area contributed by atoms with Gasteiger partial charge >= 0.3 is 17.9 Å². The molecule has 9 heteroatoms. The summed E-state index contributed by atoms with van der Waals surface area (Å²) in [6.45, 7) is 4.13. The Balaban J connectivity index is 2.13. The van der Waals surface area contributed by atoms with E-state index in [0.29, 0.717) is 18.7 Å². The second-order valence-electron chi connectivity index (χ2n) is 7.30. The fourth-order valence-electron chi connectivity index (χ4n) is 2.99. The van der Waals surface area contributed by atoms with Crippen LogP contribution in [-0.2, 0) is 22.6 Å². The third-order valence-electron chi connectivity index (χ3n) is 4.47. The monoisotopic (exact) mass is 403 g/mol. The van der Waals surface area contributed by atoms with Crippen LogP contribution in [0, 0.1) is 5.92 Å². The molecule has 0 saturated heterocycles. The van der Waals surface area contributed by atoms with Crippen molar-refractivity contribution in [2.75, 3.05) is 0 Å². The van der Waals surface area contributed by atoms with E-state index in [4.69, 9.17) is 5.11 Å². The number of imidazole rings is 1. The maximum absolute atomic E-state index is 11.7. The molecule has 0 radical (unpaired) electrons. The molecule has 29 heavy (non-hydrogen) atoms. The van der Waals surface area contributed by atoms with E-state index in [1.54, 1.807) is 29.2 Å². The van der Waals surface area contributed by atoms with Crippen molar-refractivity contribution in [3.8, 4) is 0 Å². The van der Waals surface area contributed by atoms with Crippen LogP contribution in [0.1, 0.15) is 41.9 Å². The first-order chi connectivity index (χ1) is 13.7. The van der Waals surface area contributed by atoms with Crippen LogP contribution < -0.4 is 5.32 Å². The zero-order valence-electron chi connectivity index (χ0n) is 16.3. The Morgan fingerprint density at radius 1 is 1.03 bits per heavy atom. The Kier molecular flexibility index (Phi) is 7.49. The Hall–Kier alpha value is -3.20. The second kappa shape index (κ2) is 9.83. The molecule has 0 fully saturated rings. The maximum atomic E-state index is 11.7. The highest BCUT2D eigenvalue weighted by Crippen LogP contribution is 2.12. The average Bonchev–Trinajstić information content (AvgIpc) is 3.07. The Morgan fingerprint density at radius 2 is 1.66 bits per heavy atom. The van der Waals surface area contributed by atoms with E-state index in [2.05, 4.69) is 10.3 Å². The SMILES string of the molecule is CC(C)CC(NC(Cc1cncn1Cc1ccc(C(=O)O)cc1)C(=O)O)C(=O)O. The van der Waals surface area contributed by atoms with Gasteiger partial charge < -0.3 is 19.9 Å². The Morgan fingerprint density at radius 3 is 2.17 bits per heavy atom. The van der Waals surface area contributed by atoms with Crippen LogP contribution >= 0.6 is 0 Å². The number of carboxylic acid groups (broad SMARTS) is 3. The number of hydrogen-bond acceptors (Lipinski definition) is 5. The number of aliphatic carboxylic acids is 2. The van der Waals surface area contributed by atoms with Crippen LogP contribution in [0.2, 0.25) is 0 Å². The lowest BCUT2D eigenvalue weighted by Gasteiger charge is -2.22. The minimum atomic E-state index is -1.14. The van der Waals surface area contributed by atoms with Crippen molar-refractivity contribution in [2.24, 2.45) is 5.92 Å². The first-order valence-corrected chi connectivity index (χ1v) is 9.20. The normalized spacial score (nSPS) is 13.2. The molecule has 0 spiro atoms. The van der Waals surface area contributed by atoms with Gasteiger partial charge in [0.25, 0.3) is 0 Å². The zero-order chi connectivity index (χ0) is 21.6. The number of hydrogen-bond donors (Lipinski definition) is 4. The predicted octanol–water partition coefficient (Wildman–Crippen LogP) is 1.71. The van der Waals surface area contributed by atoms with Crippen LogP contribution in [0.3, 0.4) is 0 Å². The molecule has 1 aromatic heterocycles. The molecule has 1 aromatic carbocycles. The van der Waals surface area contributed by atoms with Crippen molar-refractivity contribution in [1.82, 2.24) is 14.9 Å². The third-order valence-corrected chi connectivity index (χ3v) is 4.47. The first-order valence-electron chi connectivity index (χ1n) is 9.20. The number of aromatic carboxylic acids is 1. The summed E-state index contributed by atoms with van der Waals surface area (Å²) in [5, 5.41) is 30.6. The van der Waals surface area contributed by atoms with Gasteiger partial charge in [0.2, 0.25) is 0 Å². The number of rotatable bonds is 11. The minimum Gasteiger partial charge on any atom is -0.480 e. The molecule has 2 unspecified atom stereocenters. The van der Waals surface area contributed by atoms with Gasteiger partial charge in [-0.2, -0.15) is 0 Å². The van der Waals surface area contributed by atoms with E-state index in [9.17, 15) is 24.6 Å². The summed E-state index contributed by atoms with van der Waals surface area (Å²) in [4.78, 5) is 38.2. The van der Waals surface area contributed by atoms with Crippen molar-refractivity contribution < 1.29 is 29.7 Å². The van der Waals surface area contributed by atoms with E-state index in [1.807, 2.05) is 13.8 Å². The largest absolute Gasteiger partial charge is 0.480 e. The molecule has 0 aliphatic carbocycles. The molecule has 2 rings (SSSR count). The van der Waals surface area contributed by atoms with Gasteiger partial charge in [-0.25, -0.2) is 9.78 Å². The van der Waals surface area contributed by atoms with Gasteiger partial charge in [0, 0.05) is 24.9 Å². The first kappa shape index (κ1) is 22.1. The zero-order valence-corrected chi connectivity index (χ0v) is 16.3. The standard InChI is InChI=1S/C20H25N3O6/c1-12(2)7-16(19(26)27)22-17(20(28)29)8-15-9-21-11-23(15)10-13-3-5-14(6-4-13)18(24)25/h3-6,9,11-12,16-17,22H,7-8,10H2,1-2H3,(H,24,25)(H,26,27)(H,28,29). The molecule has 4 N–H and O–H groups in total. The highest BCUT2D eigenvalue weighted by Gasteiger charge is 2.27. The molecular weight excluding hydrogens is 378 g/mol. The summed E-state index contributed by atoms with van der Waals surface area (Å²) in [6.07, 6.45) is 3.47. The molecule has 2 atom stereocenters. The van der Waals surface area contributed by atoms with E-state index >= 15 is 0 Å². The lowest BCUT2D eigenvalue weighted by molar-refractivity contribution is -0.142. The van der Waals surface area contributed by atoms with Crippen LogP contribution in [0.15, 0.2) is 36.8 Å². The highest BCUT2D eigenvalue weighted by molar-refractivity contribution is 5.87. The third kappa shape index (κ3) is 6.42. The van der Waals surface area contributed by atoms with Gasteiger partial charge in [0.05, 0.1) is 11.9 Å². The number of aromatic nitrogens is 2. The average molecular weight is 403 g/mol. The number of nitrogens with zero attached hydrogens (tertiary/aromatic N) is 2. The van der Waals surface area contributed by atoms with Gasteiger partial charge in [-0.3, -0.25) is 14.9 Å². The number of nitrogens with one attached hydrogen (secondary N) is 1. The number of benzene rings is 1. The van der Waals surface area contributed by atoms with Gasteiger partial charge in [-0.15, -0.1) is 0 Å². The van der Waals surface area contributed by atoms with E-state index in [1.165, 1.54) is 12.1 Å². The van der Waals surface area contributed by atoms with E-state index < -0.39 is 30.0 Å². The van der Waals surface area contributed by atoms with Gasteiger partial charge in [-0.1, -0.05) is 26.0 Å². The summed E-state index contributed by atoms with van der Waals surface area (Å²) in [6, 6.07) is 4.32. The summed E-state index contributed by atoms with van der Waals surface area (Å²) in [5.74, 6) is -3.14. The Labute approximate surface area is 168 Å². The smallest absolute Gasteiger partial charge is 0.335 e. The van der Waals surface area contributed by atoms with Crippen molar-refractivity contribution in [1.29, 1.82) is 0 Å². The quantitative estimate of drug-likeness (QED) is 0.444. The van der Waals surface area contributed by atoms with Crippen molar-refractivity contribution in [2.45, 2.75) is 45.3 Å². The lowest BCUT2D eigenvalue weighted by atomic mass is 10.0. The molecule has 0 aliphatic heterocycles. The molecule has 0 aliphatic rings. The van der Waals surface area contributed by atoms with Gasteiger partial charge in [0.1, 0.15) is 12.1 Å². The molecule has 0 amide bonds. The van der Waals surface area contributed by atoms with Gasteiger partial charge in [-0.05, 0) is 30.0 Å². The van der Waals surface area contributed by atoms with E-state index in [0.717, 1.165) is 5.56 Å².